The first-order valence-electron chi connectivity index (χ1n) is 5.53. The number of hydrogen-bond donors (Lipinski definition) is 0. The van der Waals surface area contributed by atoms with E-state index in [0.717, 1.165) is 10.6 Å². The molecule has 2 nitrogen and oxygen atoms in total. The standard InChI is InChI=1S/C13H11ClN2S2/c1-2-11(9-6-4-3-5-7-9)17-13-10(8-15)12(14)16-18-13/h3-7,11H,2H2,1H3. The van der Waals surface area contributed by atoms with Gasteiger partial charge in [-0.05, 0) is 23.5 Å². The largest absolute Gasteiger partial charge is 0.192 e. The van der Waals surface area contributed by atoms with Gasteiger partial charge >= 0.3 is 0 Å². The van der Waals surface area contributed by atoms with E-state index in [-0.39, 0.29) is 0 Å². The van der Waals surface area contributed by atoms with Gasteiger partial charge in [0.2, 0.25) is 0 Å². The Morgan fingerprint density at radius 3 is 2.78 bits per heavy atom. The Labute approximate surface area is 120 Å². The zero-order chi connectivity index (χ0) is 13.0. The molecule has 1 heterocycles. The smallest absolute Gasteiger partial charge is 0.161 e. The van der Waals surface area contributed by atoms with Crippen LogP contribution in [0.2, 0.25) is 5.15 Å². The summed E-state index contributed by atoms with van der Waals surface area (Å²) in [5.74, 6) is 0. The number of nitriles is 1. The van der Waals surface area contributed by atoms with Gasteiger partial charge in [-0.1, -0.05) is 48.9 Å². The van der Waals surface area contributed by atoms with Crippen LogP contribution in [0.4, 0.5) is 0 Å². The van der Waals surface area contributed by atoms with Gasteiger partial charge < -0.3 is 0 Å². The molecule has 1 atom stereocenters. The molecule has 0 saturated heterocycles. The van der Waals surface area contributed by atoms with E-state index in [9.17, 15) is 0 Å². The monoisotopic (exact) mass is 294 g/mol. The lowest BCUT2D eigenvalue weighted by atomic mass is 10.1. The summed E-state index contributed by atoms with van der Waals surface area (Å²) in [4.78, 5) is 0. The maximum atomic E-state index is 9.06. The van der Waals surface area contributed by atoms with Crippen LogP contribution in [0.3, 0.4) is 0 Å². The molecular weight excluding hydrogens is 284 g/mol. The molecule has 1 aromatic carbocycles. The predicted molar refractivity (Wildman–Crippen MR) is 77.2 cm³/mol. The third-order valence-corrected chi connectivity index (χ3v) is 5.36. The molecule has 0 aliphatic carbocycles. The van der Waals surface area contributed by atoms with Crippen LogP contribution in [-0.4, -0.2) is 4.37 Å². The first-order valence-corrected chi connectivity index (χ1v) is 7.56. The maximum Gasteiger partial charge on any atom is 0.161 e. The molecular formula is C13H11ClN2S2. The van der Waals surface area contributed by atoms with E-state index in [1.54, 1.807) is 11.8 Å². The summed E-state index contributed by atoms with van der Waals surface area (Å²) >= 11 is 8.84. The van der Waals surface area contributed by atoms with Crippen molar-refractivity contribution in [3.8, 4) is 6.07 Å². The highest BCUT2D eigenvalue weighted by Crippen LogP contribution is 2.42. The normalized spacial score (nSPS) is 12.1. The number of aromatic nitrogens is 1. The topological polar surface area (TPSA) is 36.7 Å². The molecule has 0 saturated carbocycles. The van der Waals surface area contributed by atoms with Gasteiger partial charge in [-0.15, -0.1) is 11.8 Å². The van der Waals surface area contributed by atoms with E-state index in [4.69, 9.17) is 16.9 Å². The zero-order valence-corrected chi connectivity index (χ0v) is 12.1. The van der Waals surface area contributed by atoms with Gasteiger partial charge in [0.15, 0.2) is 5.15 Å². The van der Waals surface area contributed by atoms with Crippen LogP contribution in [0.5, 0.6) is 0 Å². The summed E-state index contributed by atoms with van der Waals surface area (Å²) in [5, 5.41) is 9.70. The van der Waals surface area contributed by atoms with Crippen molar-refractivity contribution in [3.05, 3.63) is 46.6 Å². The summed E-state index contributed by atoms with van der Waals surface area (Å²) in [6.45, 7) is 2.14. The molecule has 0 aliphatic rings. The number of nitrogens with zero attached hydrogens (tertiary/aromatic N) is 2. The van der Waals surface area contributed by atoms with Crippen LogP contribution in [0.25, 0.3) is 0 Å². The Balaban J connectivity index is 2.24. The van der Waals surface area contributed by atoms with Crippen molar-refractivity contribution in [2.24, 2.45) is 0 Å². The number of thioether (sulfide) groups is 1. The van der Waals surface area contributed by atoms with Crippen molar-refractivity contribution in [1.29, 1.82) is 5.26 Å². The van der Waals surface area contributed by atoms with E-state index >= 15 is 0 Å². The van der Waals surface area contributed by atoms with Crippen LogP contribution >= 0.6 is 34.9 Å². The molecule has 0 aliphatic heterocycles. The van der Waals surface area contributed by atoms with Gasteiger partial charge in [0.05, 0.1) is 0 Å². The maximum absolute atomic E-state index is 9.06. The van der Waals surface area contributed by atoms with Crippen LogP contribution in [0.1, 0.15) is 29.7 Å². The fraction of sp³-hybridized carbons (Fsp3) is 0.231. The first-order chi connectivity index (χ1) is 8.76. The van der Waals surface area contributed by atoms with Gasteiger partial charge in [-0.25, -0.2) is 0 Å². The highest BCUT2D eigenvalue weighted by Gasteiger charge is 2.17. The minimum atomic E-state index is 0.313. The molecule has 0 radical (unpaired) electrons. The molecule has 0 amide bonds. The second-order valence-corrected chi connectivity index (χ2v) is 6.28. The summed E-state index contributed by atoms with van der Waals surface area (Å²) < 4.78 is 4.93. The van der Waals surface area contributed by atoms with Gasteiger partial charge in [0.1, 0.15) is 15.8 Å². The second-order valence-electron chi connectivity index (χ2n) is 3.67. The van der Waals surface area contributed by atoms with Crippen molar-refractivity contribution in [2.45, 2.75) is 22.8 Å². The van der Waals surface area contributed by atoms with Gasteiger partial charge in [-0.2, -0.15) is 9.64 Å². The van der Waals surface area contributed by atoms with Crippen molar-refractivity contribution in [2.75, 3.05) is 0 Å². The fourth-order valence-electron chi connectivity index (χ4n) is 1.61. The van der Waals surface area contributed by atoms with Crippen molar-refractivity contribution in [3.63, 3.8) is 0 Å². The Kier molecular flexibility index (Phi) is 4.65. The molecule has 1 unspecified atom stereocenters. The highest BCUT2D eigenvalue weighted by molar-refractivity contribution is 8.01. The van der Waals surface area contributed by atoms with Crippen LogP contribution < -0.4 is 0 Å². The third kappa shape index (κ3) is 2.86. The molecule has 0 bridgehead atoms. The average Bonchev–Trinajstić information content (AvgIpc) is 2.77. The second kappa shape index (κ2) is 6.24. The van der Waals surface area contributed by atoms with Gasteiger partial charge in [0, 0.05) is 5.25 Å². The van der Waals surface area contributed by atoms with Crippen molar-refractivity contribution < 1.29 is 0 Å². The zero-order valence-electron chi connectivity index (χ0n) is 9.76. The molecule has 0 N–H and O–H groups in total. The van der Waals surface area contributed by atoms with E-state index in [0.29, 0.717) is 16.0 Å². The minimum absolute atomic E-state index is 0.313. The summed E-state index contributed by atoms with van der Waals surface area (Å²) in [6.07, 6.45) is 0.995. The molecule has 1 aromatic heterocycles. The number of halogens is 1. The lowest BCUT2D eigenvalue weighted by molar-refractivity contribution is 0.896. The average molecular weight is 295 g/mol. The fourth-order valence-corrected chi connectivity index (χ4v) is 4.06. The molecule has 18 heavy (non-hydrogen) atoms. The molecule has 0 spiro atoms. The third-order valence-electron chi connectivity index (χ3n) is 2.52. The molecule has 92 valence electrons. The number of benzene rings is 1. The SMILES string of the molecule is CCC(Sc1snc(Cl)c1C#N)c1ccccc1. The van der Waals surface area contributed by atoms with Crippen molar-refractivity contribution in [1.82, 2.24) is 4.37 Å². The number of rotatable bonds is 4. The summed E-state index contributed by atoms with van der Waals surface area (Å²) in [6, 6.07) is 12.4. The lowest BCUT2D eigenvalue weighted by Crippen LogP contribution is -1.91. The lowest BCUT2D eigenvalue weighted by Gasteiger charge is -2.13. The van der Waals surface area contributed by atoms with Crippen molar-refractivity contribution >= 4 is 34.9 Å². The summed E-state index contributed by atoms with van der Waals surface area (Å²) in [5.41, 5.74) is 1.76. The predicted octanol–water partition coefficient (Wildman–Crippen LogP) is 4.91. The first kappa shape index (κ1) is 13.4. The van der Waals surface area contributed by atoms with Crippen LogP contribution in [0.15, 0.2) is 34.5 Å². The van der Waals surface area contributed by atoms with Gasteiger partial charge in [0.25, 0.3) is 0 Å². The Bertz CT molecular complexity index is 560. The number of hydrogen-bond acceptors (Lipinski definition) is 4. The Morgan fingerprint density at radius 2 is 2.17 bits per heavy atom. The molecule has 0 fully saturated rings. The summed E-state index contributed by atoms with van der Waals surface area (Å²) in [7, 11) is 0. The molecule has 2 aromatic rings. The quantitative estimate of drug-likeness (QED) is 0.752. The van der Waals surface area contributed by atoms with Gasteiger partial charge in [-0.3, -0.25) is 0 Å². The van der Waals surface area contributed by atoms with Crippen LogP contribution in [0, 0.1) is 11.3 Å². The van der Waals surface area contributed by atoms with E-state index in [1.165, 1.54) is 17.1 Å². The highest BCUT2D eigenvalue weighted by atomic mass is 35.5. The Morgan fingerprint density at radius 1 is 1.44 bits per heavy atom. The minimum Gasteiger partial charge on any atom is -0.192 e. The van der Waals surface area contributed by atoms with E-state index in [1.807, 2.05) is 18.2 Å². The molecule has 5 heteroatoms. The van der Waals surface area contributed by atoms with E-state index < -0.39 is 0 Å². The molecule has 2 rings (SSSR count). The Hall–Kier alpha value is -1.02. The van der Waals surface area contributed by atoms with Crippen LogP contribution in [-0.2, 0) is 0 Å². The van der Waals surface area contributed by atoms with E-state index in [2.05, 4.69) is 29.5 Å².